The Balaban J connectivity index is 1.74. The van der Waals surface area contributed by atoms with Gasteiger partial charge in [0.1, 0.15) is 10.6 Å². The van der Waals surface area contributed by atoms with Crippen molar-refractivity contribution in [2.45, 2.75) is 4.90 Å². The minimum Gasteiger partial charge on any atom is -0.495 e. The van der Waals surface area contributed by atoms with Crippen molar-refractivity contribution in [3.8, 4) is 5.75 Å². The van der Waals surface area contributed by atoms with Gasteiger partial charge in [0.05, 0.1) is 17.8 Å². The number of carbonyl (C=O) groups is 1. The lowest BCUT2D eigenvalue weighted by Gasteiger charge is -2.36. The molecular formula is C18H20ClN3O4S. The van der Waals surface area contributed by atoms with E-state index in [2.05, 4.69) is 4.90 Å². The number of ether oxygens (including phenoxy) is 1. The van der Waals surface area contributed by atoms with Crippen molar-refractivity contribution in [1.29, 1.82) is 0 Å². The number of amides is 1. The Morgan fingerprint density at radius 1 is 1.11 bits per heavy atom. The third kappa shape index (κ3) is 4.18. The number of piperazine rings is 1. The summed E-state index contributed by atoms with van der Waals surface area (Å²) < 4.78 is 28.6. The molecule has 1 aliphatic rings. The van der Waals surface area contributed by atoms with Crippen LogP contribution in [0.1, 0.15) is 10.4 Å². The van der Waals surface area contributed by atoms with E-state index >= 15 is 0 Å². The average Bonchev–Trinajstić information content (AvgIpc) is 2.67. The van der Waals surface area contributed by atoms with E-state index in [1.54, 1.807) is 12.0 Å². The highest BCUT2D eigenvalue weighted by molar-refractivity contribution is 7.89. The topological polar surface area (TPSA) is 92.9 Å². The van der Waals surface area contributed by atoms with Gasteiger partial charge >= 0.3 is 0 Å². The van der Waals surface area contributed by atoms with Gasteiger partial charge in [-0.2, -0.15) is 0 Å². The number of anilines is 1. The number of sulfonamides is 1. The van der Waals surface area contributed by atoms with E-state index < -0.39 is 10.0 Å². The van der Waals surface area contributed by atoms with Crippen molar-refractivity contribution >= 4 is 33.2 Å². The van der Waals surface area contributed by atoms with Gasteiger partial charge in [-0.05, 0) is 30.3 Å². The largest absolute Gasteiger partial charge is 0.495 e. The first-order valence-corrected chi connectivity index (χ1v) is 10.2. The van der Waals surface area contributed by atoms with Gasteiger partial charge in [-0.3, -0.25) is 4.79 Å². The van der Waals surface area contributed by atoms with Gasteiger partial charge in [0.2, 0.25) is 10.0 Å². The number of hydrogen-bond donors (Lipinski definition) is 1. The third-order valence-corrected chi connectivity index (χ3v) is 5.87. The Bertz CT molecular complexity index is 957. The molecule has 0 bridgehead atoms. The number of hydrogen-bond acceptors (Lipinski definition) is 5. The molecule has 0 aliphatic carbocycles. The molecule has 7 nitrogen and oxygen atoms in total. The number of nitrogens with two attached hydrogens (primary N) is 1. The lowest BCUT2D eigenvalue weighted by Crippen LogP contribution is -2.48. The van der Waals surface area contributed by atoms with Crippen molar-refractivity contribution in [2.24, 2.45) is 5.14 Å². The van der Waals surface area contributed by atoms with E-state index in [1.807, 2.05) is 24.3 Å². The number of primary sulfonamides is 1. The van der Waals surface area contributed by atoms with Crippen LogP contribution in [0.15, 0.2) is 47.4 Å². The van der Waals surface area contributed by atoms with Crippen LogP contribution in [-0.4, -0.2) is 52.5 Å². The zero-order valence-corrected chi connectivity index (χ0v) is 16.3. The van der Waals surface area contributed by atoms with E-state index in [0.717, 1.165) is 11.4 Å². The molecule has 9 heteroatoms. The predicted molar refractivity (Wildman–Crippen MR) is 104 cm³/mol. The standard InChI is InChI=1S/C18H20ClN3O4S/c1-26-16-5-3-2-4-15(16)21-8-10-22(11-9-21)18(23)13-6-7-14(19)17(12-13)27(20,24)25/h2-7,12H,8-11H2,1H3,(H2,20,24,25). The molecule has 0 aromatic heterocycles. The van der Waals surface area contributed by atoms with Crippen LogP contribution in [0.25, 0.3) is 0 Å². The number of nitrogens with zero attached hydrogens (tertiary/aromatic N) is 2. The highest BCUT2D eigenvalue weighted by Crippen LogP contribution is 2.29. The molecule has 3 rings (SSSR count). The SMILES string of the molecule is COc1ccccc1N1CCN(C(=O)c2ccc(Cl)c(S(N)(=O)=O)c2)CC1. The molecule has 2 aromatic carbocycles. The summed E-state index contributed by atoms with van der Waals surface area (Å²) in [4.78, 5) is 16.3. The number of halogens is 1. The predicted octanol–water partition coefficient (Wildman–Crippen LogP) is 1.96. The lowest BCUT2D eigenvalue weighted by atomic mass is 10.1. The van der Waals surface area contributed by atoms with Gasteiger partial charge < -0.3 is 14.5 Å². The summed E-state index contributed by atoms with van der Waals surface area (Å²) >= 11 is 5.88. The first kappa shape index (κ1) is 19.5. The fourth-order valence-corrected chi connectivity index (χ4v) is 4.15. The number of rotatable bonds is 4. The van der Waals surface area contributed by atoms with Crippen molar-refractivity contribution in [2.75, 3.05) is 38.2 Å². The van der Waals surface area contributed by atoms with Crippen LogP contribution in [0.3, 0.4) is 0 Å². The molecule has 2 aromatic rings. The van der Waals surface area contributed by atoms with Crippen molar-refractivity contribution in [1.82, 2.24) is 4.90 Å². The zero-order chi connectivity index (χ0) is 19.6. The summed E-state index contributed by atoms with van der Waals surface area (Å²) in [6.45, 7) is 2.29. The van der Waals surface area contributed by atoms with Crippen LogP contribution in [0.2, 0.25) is 5.02 Å². The van der Waals surface area contributed by atoms with Crippen molar-refractivity contribution in [3.05, 3.63) is 53.1 Å². The molecule has 0 atom stereocenters. The highest BCUT2D eigenvalue weighted by atomic mass is 35.5. The Labute approximate surface area is 163 Å². The molecule has 1 aliphatic heterocycles. The maximum atomic E-state index is 12.8. The molecule has 0 saturated carbocycles. The van der Waals surface area contributed by atoms with E-state index in [-0.39, 0.29) is 21.4 Å². The van der Waals surface area contributed by atoms with Crippen molar-refractivity contribution < 1.29 is 17.9 Å². The first-order chi connectivity index (χ1) is 12.8. The molecule has 1 fully saturated rings. The summed E-state index contributed by atoms with van der Waals surface area (Å²) in [7, 11) is -2.37. The van der Waals surface area contributed by atoms with Crippen LogP contribution in [0.4, 0.5) is 5.69 Å². The van der Waals surface area contributed by atoms with Crippen molar-refractivity contribution in [3.63, 3.8) is 0 Å². The molecule has 1 amide bonds. The molecule has 144 valence electrons. The van der Waals surface area contributed by atoms with Crippen LogP contribution in [0.5, 0.6) is 5.75 Å². The Morgan fingerprint density at radius 2 is 1.78 bits per heavy atom. The monoisotopic (exact) mass is 409 g/mol. The Hall–Kier alpha value is -2.29. The number of carbonyl (C=O) groups excluding carboxylic acids is 1. The molecule has 2 N–H and O–H groups in total. The normalized spacial score (nSPS) is 14.9. The molecular weight excluding hydrogens is 390 g/mol. The van der Waals surface area contributed by atoms with Gasteiger partial charge in [0, 0.05) is 31.7 Å². The Kier molecular flexibility index (Phi) is 5.59. The van der Waals surface area contributed by atoms with E-state index in [4.69, 9.17) is 21.5 Å². The van der Waals surface area contributed by atoms with Gasteiger partial charge in [-0.25, -0.2) is 13.6 Å². The molecule has 0 radical (unpaired) electrons. The number of methoxy groups -OCH3 is 1. The van der Waals surface area contributed by atoms with E-state index in [1.165, 1.54) is 18.2 Å². The maximum Gasteiger partial charge on any atom is 0.254 e. The van der Waals surface area contributed by atoms with Crippen LogP contribution in [-0.2, 0) is 10.0 Å². The average molecular weight is 410 g/mol. The van der Waals surface area contributed by atoms with Gasteiger partial charge in [-0.1, -0.05) is 23.7 Å². The minimum atomic E-state index is -4.00. The highest BCUT2D eigenvalue weighted by Gasteiger charge is 2.25. The van der Waals surface area contributed by atoms with Gasteiger partial charge in [0.25, 0.3) is 5.91 Å². The first-order valence-electron chi connectivity index (χ1n) is 8.31. The van der Waals surface area contributed by atoms with Crippen LogP contribution in [0, 0.1) is 0 Å². The second-order valence-electron chi connectivity index (χ2n) is 6.14. The molecule has 0 spiro atoms. The molecule has 0 unspecified atom stereocenters. The number of benzene rings is 2. The second-order valence-corrected chi connectivity index (χ2v) is 8.08. The summed E-state index contributed by atoms with van der Waals surface area (Å²) in [5.41, 5.74) is 1.23. The summed E-state index contributed by atoms with van der Waals surface area (Å²) in [6, 6.07) is 11.8. The second kappa shape index (κ2) is 7.75. The molecule has 1 saturated heterocycles. The fourth-order valence-electron chi connectivity index (χ4n) is 3.08. The molecule has 1 heterocycles. The minimum absolute atomic E-state index is 0.00459. The van der Waals surface area contributed by atoms with E-state index in [0.29, 0.717) is 26.2 Å². The quantitative estimate of drug-likeness (QED) is 0.833. The zero-order valence-electron chi connectivity index (χ0n) is 14.8. The third-order valence-electron chi connectivity index (χ3n) is 4.48. The Morgan fingerprint density at radius 3 is 2.41 bits per heavy atom. The maximum absolute atomic E-state index is 12.8. The summed E-state index contributed by atoms with van der Waals surface area (Å²) in [6.07, 6.45) is 0. The smallest absolute Gasteiger partial charge is 0.254 e. The number of para-hydroxylation sites is 2. The fraction of sp³-hybridized carbons (Fsp3) is 0.278. The molecule has 27 heavy (non-hydrogen) atoms. The van der Waals surface area contributed by atoms with E-state index in [9.17, 15) is 13.2 Å². The summed E-state index contributed by atoms with van der Waals surface area (Å²) in [5.74, 6) is 0.531. The summed E-state index contributed by atoms with van der Waals surface area (Å²) in [5, 5.41) is 5.15. The lowest BCUT2D eigenvalue weighted by molar-refractivity contribution is 0.0746. The van der Waals surface area contributed by atoms with Crippen LogP contribution < -0.4 is 14.8 Å². The van der Waals surface area contributed by atoms with Crippen LogP contribution >= 0.6 is 11.6 Å². The van der Waals surface area contributed by atoms with Gasteiger partial charge in [0.15, 0.2) is 0 Å². The van der Waals surface area contributed by atoms with Gasteiger partial charge in [-0.15, -0.1) is 0 Å².